The van der Waals surface area contributed by atoms with Crippen LogP contribution in [0.25, 0.3) is 0 Å². The third kappa shape index (κ3) is 5.25. The Morgan fingerprint density at radius 1 is 1.07 bits per heavy atom. The molecule has 0 saturated carbocycles. The minimum atomic E-state index is -3.41. The highest BCUT2D eigenvalue weighted by Gasteiger charge is 2.31. The smallest absolute Gasteiger partial charge is 0.263 e. The van der Waals surface area contributed by atoms with Gasteiger partial charge in [0, 0.05) is 31.2 Å². The largest absolute Gasteiger partial charge is 0.481 e. The number of rotatable bonds is 6. The third-order valence-corrected chi connectivity index (χ3v) is 6.68. The molecule has 0 N–H and O–H groups in total. The first kappa shape index (κ1) is 20.6. The van der Waals surface area contributed by atoms with Gasteiger partial charge in [-0.25, -0.2) is 8.42 Å². The van der Waals surface area contributed by atoms with Gasteiger partial charge in [0.2, 0.25) is 10.0 Å². The SMILES string of the molecule is CC(Oc1cccc(Cl)c1)C(=O)N1CCN(S(=O)(=O)Cc2ccccc2)CC1. The zero-order valence-electron chi connectivity index (χ0n) is 15.6. The van der Waals surface area contributed by atoms with Crippen LogP contribution in [0.5, 0.6) is 5.75 Å². The summed E-state index contributed by atoms with van der Waals surface area (Å²) in [5.41, 5.74) is 0.754. The molecular formula is C20H23ClN2O4S. The van der Waals surface area contributed by atoms with Gasteiger partial charge in [-0.1, -0.05) is 48.0 Å². The number of nitrogens with zero attached hydrogens (tertiary/aromatic N) is 2. The second kappa shape index (κ2) is 8.94. The van der Waals surface area contributed by atoms with Crippen LogP contribution in [0.1, 0.15) is 12.5 Å². The van der Waals surface area contributed by atoms with Crippen LogP contribution in [0.4, 0.5) is 0 Å². The molecule has 1 amide bonds. The van der Waals surface area contributed by atoms with Crippen LogP contribution in [-0.2, 0) is 20.6 Å². The van der Waals surface area contributed by atoms with E-state index in [-0.39, 0.29) is 24.7 Å². The first-order valence-electron chi connectivity index (χ1n) is 9.08. The Balaban J connectivity index is 1.54. The molecule has 6 nitrogen and oxygen atoms in total. The highest BCUT2D eigenvalue weighted by Crippen LogP contribution is 2.19. The Morgan fingerprint density at radius 3 is 2.39 bits per heavy atom. The molecule has 0 aromatic heterocycles. The minimum absolute atomic E-state index is 0.0317. The molecule has 1 aliphatic rings. The van der Waals surface area contributed by atoms with Crippen LogP contribution in [0.2, 0.25) is 5.02 Å². The first-order valence-corrected chi connectivity index (χ1v) is 11.1. The fourth-order valence-corrected chi connectivity index (χ4v) is 4.81. The van der Waals surface area contributed by atoms with Crippen molar-refractivity contribution in [2.75, 3.05) is 26.2 Å². The Kier molecular flexibility index (Phi) is 6.59. The van der Waals surface area contributed by atoms with Gasteiger partial charge in [0.15, 0.2) is 6.10 Å². The van der Waals surface area contributed by atoms with Gasteiger partial charge < -0.3 is 9.64 Å². The maximum atomic E-state index is 12.6. The molecule has 8 heteroatoms. The molecule has 1 atom stereocenters. The Hall–Kier alpha value is -2.09. The molecule has 0 bridgehead atoms. The first-order chi connectivity index (χ1) is 13.3. The summed E-state index contributed by atoms with van der Waals surface area (Å²) in [5, 5.41) is 0.536. The summed E-state index contributed by atoms with van der Waals surface area (Å²) < 4.78 is 32.4. The van der Waals surface area contributed by atoms with E-state index >= 15 is 0 Å². The lowest BCUT2D eigenvalue weighted by molar-refractivity contribution is -0.139. The van der Waals surface area contributed by atoms with Gasteiger partial charge >= 0.3 is 0 Å². The molecule has 3 rings (SSSR count). The number of ether oxygens (including phenoxy) is 1. The zero-order chi connectivity index (χ0) is 20.1. The summed E-state index contributed by atoms with van der Waals surface area (Å²) in [6.45, 7) is 2.93. The van der Waals surface area contributed by atoms with E-state index in [2.05, 4.69) is 0 Å². The number of benzene rings is 2. The molecule has 0 spiro atoms. The molecule has 1 saturated heterocycles. The number of carbonyl (C=O) groups is 1. The maximum Gasteiger partial charge on any atom is 0.263 e. The monoisotopic (exact) mass is 422 g/mol. The maximum absolute atomic E-state index is 12.6. The van der Waals surface area contributed by atoms with Crippen LogP contribution in [0.15, 0.2) is 54.6 Å². The van der Waals surface area contributed by atoms with E-state index in [1.807, 2.05) is 18.2 Å². The van der Waals surface area contributed by atoms with Crippen molar-refractivity contribution in [3.8, 4) is 5.75 Å². The number of halogens is 1. The van der Waals surface area contributed by atoms with Crippen LogP contribution >= 0.6 is 11.6 Å². The molecule has 1 fully saturated rings. The number of sulfonamides is 1. The van der Waals surface area contributed by atoms with Gasteiger partial charge in [0.05, 0.1) is 5.75 Å². The van der Waals surface area contributed by atoms with Crippen LogP contribution in [0, 0.1) is 0 Å². The average molecular weight is 423 g/mol. The zero-order valence-corrected chi connectivity index (χ0v) is 17.2. The van der Waals surface area contributed by atoms with Crippen LogP contribution < -0.4 is 4.74 Å². The molecular weight excluding hydrogens is 400 g/mol. The van der Waals surface area contributed by atoms with Gasteiger partial charge in [-0.05, 0) is 30.7 Å². The Labute approximate surface area is 170 Å². The highest BCUT2D eigenvalue weighted by molar-refractivity contribution is 7.88. The fourth-order valence-electron chi connectivity index (χ4n) is 3.11. The van der Waals surface area contributed by atoms with Crippen molar-refractivity contribution in [3.63, 3.8) is 0 Å². The fraction of sp³-hybridized carbons (Fsp3) is 0.350. The topological polar surface area (TPSA) is 66.9 Å². The van der Waals surface area contributed by atoms with Crippen molar-refractivity contribution >= 4 is 27.5 Å². The number of piperazine rings is 1. The van der Waals surface area contributed by atoms with Gasteiger partial charge in [-0.2, -0.15) is 4.31 Å². The van der Waals surface area contributed by atoms with Crippen molar-refractivity contribution in [2.45, 2.75) is 18.8 Å². The minimum Gasteiger partial charge on any atom is -0.481 e. The van der Waals surface area contributed by atoms with Crippen molar-refractivity contribution in [1.29, 1.82) is 0 Å². The highest BCUT2D eigenvalue weighted by atomic mass is 35.5. The van der Waals surface area contributed by atoms with Crippen molar-refractivity contribution in [3.05, 3.63) is 65.2 Å². The quantitative estimate of drug-likeness (QED) is 0.717. The van der Waals surface area contributed by atoms with Crippen molar-refractivity contribution in [1.82, 2.24) is 9.21 Å². The Bertz CT molecular complexity index is 913. The normalized spacial score (nSPS) is 16.6. The van der Waals surface area contributed by atoms with E-state index in [0.29, 0.717) is 23.9 Å². The van der Waals surface area contributed by atoms with E-state index in [9.17, 15) is 13.2 Å². The second-order valence-electron chi connectivity index (χ2n) is 6.68. The lowest BCUT2D eigenvalue weighted by Crippen LogP contribution is -2.53. The lowest BCUT2D eigenvalue weighted by Gasteiger charge is -2.35. The van der Waals surface area contributed by atoms with Crippen molar-refractivity contribution < 1.29 is 17.9 Å². The summed E-state index contributed by atoms with van der Waals surface area (Å²) in [4.78, 5) is 14.3. The average Bonchev–Trinajstić information content (AvgIpc) is 2.68. The molecule has 0 radical (unpaired) electrons. The molecule has 1 heterocycles. The van der Waals surface area contributed by atoms with E-state index in [0.717, 1.165) is 5.56 Å². The van der Waals surface area contributed by atoms with Gasteiger partial charge in [0.25, 0.3) is 5.91 Å². The lowest BCUT2D eigenvalue weighted by atomic mass is 10.2. The molecule has 1 unspecified atom stereocenters. The van der Waals surface area contributed by atoms with E-state index in [4.69, 9.17) is 16.3 Å². The van der Waals surface area contributed by atoms with Gasteiger partial charge in [-0.15, -0.1) is 0 Å². The number of hydrogen-bond acceptors (Lipinski definition) is 4. The summed E-state index contributed by atoms with van der Waals surface area (Å²) >= 11 is 5.94. The van der Waals surface area contributed by atoms with Gasteiger partial charge in [-0.3, -0.25) is 4.79 Å². The summed E-state index contributed by atoms with van der Waals surface area (Å²) in [7, 11) is -3.41. The number of amides is 1. The predicted molar refractivity (Wildman–Crippen MR) is 109 cm³/mol. The summed E-state index contributed by atoms with van der Waals surface area (Å²) in [6.07, 6.45) is -0.675. The molecule has 28 heavy (non-hydrogen) atoms. The van der Waals surface area contributed by atoms with Crippen LogP contribution in [0.3, 0.4) is 0 Å². The summed E-state index contributed by atoms with van der Waals surface area (Å²) in [5.74, 6) is 0.327. The van der Waals surface area contributed by atoms with E-state index in [1.54, 1.807) is 48.2 Å². The van der Waals surface area contributed by atoms with Crippen molar-refractivity contribution in [2.24, 2.45) is 0 Å². The van der Waals surface area contributed by atoms with Gasteiger partial charge in [0.1, 0.15) is 5.75 Å². The molecule has 2 aromatic rings. The number of hydrogen-bond donors (Lipinski definition) is 0. The second-order valence-corrected chi connectivity index (χ2v) is 9.09. The van der Waals surface area contributed by atoms with E-state index < -0.39 is 16.1 Å². The standard InChI is InChI=1S/C20H23ClN2O4S/c1-16(27-19-9-5-8-18(21)14-19)20(24)22-10-12-23(13-11-22)28(25,26)15-17-6-3-2-4-7-17/h2-9,14,16H,10-13,15H2,1H3. The summed E-state index contributed by atoms with van der Waals surface area (Å²) in [6, 6.07) is 16.0. The molecule has 2 aromatic carbocycles. The molecule has 150 valence electrons. The number of carbonyl (C=O) groups excluding carboxylic acids is 1. The third-order valence-electron chi connectivity index (χ3n) is 4.59. The molecule has 0 aliphatic carbocycles. The predicted octanol–water partition coefficient (Wildman–Crippen LogP) is 2.78. The van der Waals surface area contributed by atoms with E-state index in [1.165, 1.54) is 4.31 Å². The molecule has 1 aliphatic heterocycles. The van der Waals surface area contributed by atoms with Crippen LogP contribution in [-0.4, -0.2) is 55.8 Å². The Morgan fingerprint density at radius 2 is 1.75 bits per heavy atom.